The third-order valence-corrected chi connectivity index (χ3v) is 3.50. The maximum absolute atomic E-state index is 13.3. The molecule has 23 heavy (non-hydrogen) atoms. The van der Waals surface area contributed by atoms with E-state index >= 15 is 0 Å². The minimum Gasteiger partial charge on any atom is -0.444 e. The Labute approximate surface area is 138 Å². The highest BCUT2D eigenvalue weighted by Crippen LogP contribution is 2.14. The number of ether oxygens (including phenoxy) is 1. The molecule has 0 aliphatic carbocycles. The highest BCUT2D eigenvalue weighted by atomic mass is 19.1. The molecule has 0 heterocycles. The molecule has 1 rings (SSSR count). The van der Waals surface area contributed by atoms with Gasteiger partial charge < -0.3 is 15.4 Å². The molecular formula is C18H29FN2O2. The van der Waals surface area contributed by atoms with E-state index < -0.39 is 11.7 Å². The van der Waals surface area contributed by atoms with Crippen LogP contribution in [0.3, 0.4) is 0 Å². The van der Waals surface area contributed by atoms with Crippen LogP contribution in [0, 0.1) is 11.7 Å². The zero-order valence-corrected chi connectivity index (χ0v) is 14.9. The van der Waals surface area contributed by atoms with Gasteiger partial charge in [0.25, 0.3) is 0 Å². The maximum Gasteiger partial charge on any atom is 0.407 e. The van der Waals surface area contributed by atoms with Crippen molar-refractivity contribution in [2.24, 2.45) is 5.92 Å². The van der Waals surface area contributed by atoms with E-state index in [2.05, 4.69) is 10.6 Å². The second-order valence-electron chi connectivity index (χ2n) is 7.18. The molecule has 1 aromatic carbocycles. The highest BCUT2D eigenvalue weighted by molar-refractivity contribution is 5.68. The fourth-order valence-corrected chi connectivity index (χ4v) is 2.11. The van der Waals surface area contributed by atoms with Crippen molar-refractivity contribution in [3.63, 3.8) is 0 Å². The van der Waals surface area contributed by atoms with Crippen molar-refractivity contribution in [3.8, 4) is 0 Å². The Morgan fingerprint density at radius 1 is 1.26 bits per heavy atom. The minimum atomic E-state index is -0.520. The fraction of sp³-hybridized carbons (Fsp3) is 0.611. The van der Waals surface area contributed by atoms with Crippen LogP contribution in [0.25, 0.3) is 0 Å². The van der Waals surface area contributed by atoms with Crippen molar-refractivity contribution >= 4 is 6.09 Å². The van der Waals surface area contributed by atoms with Gasteiger partial charge in [-0.25, -0.2) is 9.18 Å². The molecule has 0 aliphatic heterocycles. The quantitative estimate of drug-likeness (QED) is 0.831. The summed E-state index contributed by atoms with van der Waals surface area (Å²) in [5, 5.41) is 6.23. The van der Waals surface area contributed by atoms with Gasteiger partial charge in [-0.15, -0.1) is 0 Å². The van der Waals surface area contributed by atoms with E-state index in [0.29, 0.717) is 6.54 Å². The van der Waals surface area contributed by atoms with E-state index in [-0.39, 0.29) is 23.8 Å². The van der Waals surface area contributed by atoms with Gasteiger partial charge >= 0.3 is 6.09 Å². The summed E-state index contributed by atoms with van der Waals surface area (Å²) in [4.78, 5) is 11.9. The average Bonchev–Trinajstić information content (AvgIpc) is 2.40. The molecule has 1 aromatic rings. The van der Waals surface area contributed by atoms with E-state index in [0.717, 1.165) is 5.56 Å². The number of hydrogen-bond donors (Lipinski definition) is 2. The lowest BCUT2D eigenvalue weighted by Crippen LogP contribution is -2.47. The Morgan fingerprint density at radius 2 is 1.91 bits per heavy atom. The second-order valence-corrected chi connectivity index (χ2v) is 7.18. The Kier molecular flexibility index (Phi) is 7.01. The first kappa shape index (κ1) is 19.4. The molecular weight excluding hydrogens is 295 g/mol. The van der Waals surface area contributed by atoms with Gasteiger partial charge in [0.15, 0.2) is 0 Å². The van der Waals surface area contributed by atoms with E-state index in [9.17, 15) is 9.18 Å². The Balaban J connectivity index is 2.58. The van der Waals surface area contributed by atoms with Crippen LogP contribution < -0.4 is 10.6 Å². The van der Waals surface area contributed by atoms with Gasteiger partial charge in [-0.3, -0.25) is 0 Å². The smallest absolute Gasteiger partial charge is 0.407 e. The lowest BCUT2D eigenvalue weighted by Gasteiger charge is -2.27. The summed E-state index contributed by atoms with van der Waals surface area (Å²) < 4.78 is 18.6. The molecule has 2 unspecified atom stereocenters. The Morgan fingerprint density at radius 3 is 2.43 bits per heavy atom. The largest absolute Gasteiger partial charge is 0.444 e. The molecule has 0 saturated carbocycles. The van der Waals surface area contributed by atoms with Crippen molar-refractivity contribution < 1.29 is 13.9 Å². The molecule has 0 fully saturated rings. The van der Waals surface area contributed by atoms with Crippen molar-refractivity contribution in [1.82, 2.24) is 10.6 Å². The van der Waals surface area contributed by atoms with E-state index in [1.165, 1.54) is 12.1 Å². The molecule has 5 heteroatoms. The van der Waals surface area contributed by atoms with Crippen LogP contribution >= 0.6 is 0 Å². The van der Waals surface area contributed by atoms with Crippen molar-refractivity contribution in [1.29, 1.82) is 0 Å². The number of rotatable bonds is 6. The summed E-state index contributed by atoms with van der Waals surface area (Å²) in [5.41, 5.74) is 0.359. The van der Waals surface area contributed by atoms with Gasteiger partial charge in [0.1, 0.15) is 11.4 Å². The zero-order valence-electron chi connectivity index (χ0n) is 14.9. The fourth-order valence-electron chi connectivity index (χ4n) is 2.11. The summed E-state index contributed by atoms with van der Waals surface area (Å²) >= 11 is 0. The molecule has 2 N–H and O–H groups in total. The molecule has 0 aliphatic rings. The van der Waals surface area contributed by atoms with E-state index in [4.69, 9.17) is 4.74 Å². The molecule has 0 spiro atoms. The number of hydrogen-bond acceptors (Lipinski definition) is 3. The average molecular weight is 324 g/mol. The maximum atomic E-state index is 13.3. The third kappa shape index (κ3) is 7.46. The standard InChI is InChI=1S/C18H29FN2O2/c1-12(2)16(21-17(22)23-18(4,5)6)11-20-13(3)14-8-7-9-15(19)10-14/h7-10,12-13,16,20H,11H2,1-6H3,(H,21,22). The predicted molar refractivity (Wildman–Crippen MR) is 90.8 cm³/mol. The molecule has 0 aromatic heterocycles. The monoisotopic (exact) mass is 324 g/mol. The summed E-state index contributed by atoms with van der Waals surface area (Å²) in [6.07, 6.45) is -0.420. The molecule has 4 nitrogen and oxygen atoms in total. The van der Waals surface area contributed by atoms with Gasteiger partial charge in [-0.05, 0) is 51.3 Å². The first-order valence-corrected chi connectivity index (χ1v) is 8.07. The van der Waals surface area contributed by atoms with Gasteiger partial charge in [-0.2, -0.15) is 0 Å². The van der Waals surface area contributed by atoms with Crippen molar-refractivity contribution in [3.05, 3.63) is 35.6 Å². The lowest BCUT2D eigenvalue weighted by atomic mass is 10.0. The lowest BCUT2D eigenvalue weighted by molar-refractivity contribution is 0.0489. The van der Waals surface area contributed by atoms with E-state index in [1.807, 2.05) is 47.6 Å². The Bertz CT molecular complexity index is 512. The van der Waals surface area contributed by atoms with Crippen LogP contribution in [0.15, 0.2) is 24.3 Å². The minimum absolute atomic E-state index is 0.00705. The van der Waals surface area contributed by atoms with Crippen LogP contribution in [0.1, 0.15) is 53.1 Å². The van der Waals surface area contributed by atoms with Crippen molar-refractivity contribution in [2.75, 3.05) is 6.54 Å². The van der Waals surface area contributed by atoms with Crippen LogP contribution in [0.2, 0.25) is 0 Å². The summed E-state index contributed by atoms with van der Waals surface area (Å²) in [6, 6.07) is 6.45. The molecule has 2 atom stereocenters. The molecule has 130 valence electrons. The first-order chi connectivity index (χ1) is 10.6. The molecule has 0 saturated heterocycles. The topological polar surface area (TPSA) is 50.4 Å². The Hall–Kier alpha value is -1.62. The summed E-state index contributed by atoms with van der Waals surface area (Å²) in [5.74, 6) is -0.00170. The van der Waals surface area contributed by atoms with Gasteiger partial charge in [0.2, 0.25) is 0 Å². The van der Waals surface area contributed by atoms with Crippen LogP contribution in [-0.2, 0) is 4.74 Å². The number of nitrogens with one attached hydrogen (secondary N) is 2. The van der Waals surface area contributed by atoms with Gasteiger partial charge in [0, 0.05) is 18.6 Å². The SMILES string of the molecule is CC(NCC(NC(=O)OC(C)(C)C)C(C)C)c1cccc(F)c1. The van der Waals surface area contributed by atoms with Gasteiger partial charge in [0.05, 0.1) is 0 Å². The predicted octanol–water partition coefficient (Wildman–Crippen LogP) is 4.03. The van der Waals surface area contributed by atoms with Gasteiger partial charge in [-0.1, -0.05) is 26.0 Å². The van der Waals surface area contributed by atoms with Crippen LogP contribution in [-0.4, -0.2) is 24.3 Å². The molecule has 0 bridgehead atoms. The van der Waals surface area contributed by atoms with E-state index in [1.54, 1.807) is 6.07 Å². The normalized spacial score (nSPS) is 14.4. The summed E-state index contributed by atoms with van der Waals surface area (Å²) in [6.45, 7) is 12.1. The van der Waals surface area contributed by atoms with Crippen molar-refractivity contribution in [2.45, 2.75) is 59.2 Å². The summed E-state index contributed by atoms with van der Waals surface area (Å²) in [7, 11) is 0. The second kappa shape index (κ2) is 8.29. The zero-order chi connectivity index (χ0) is 17.6. The van der Waals surface area contributed by atoms with Crippen LogP contribution in [0.4, 0.5) is 9.18 Å². The number of benzene rings is 1. The number of amides is 1. The molecule has 1 amide bonds. The number of halogens is 1. The molecule has 0 radical (unpaired) electrons. The number of carbonyl (C=O) groups excluding carboxylic acids is 1. The number of carbonyl (C=O) groups is 1. The highest BCUT2D eigenvalue weighted by Gasteiger charge is 2.21. The van der Waals surface area contributed by atoms with Crippen LogP contribution in [0.5, 0.6) is 0 Å². The first-order valence-electron chi connectivity index (χ1n) is 8.07. The number of alkyl carbamates (subject to hydrolysis) is 1. The third-order valence-electron chi connectivity index (χ3n) is 3.50.